The Labute approximate surface area is 139 Å². The van der Waals surface area contributed by atoms with Crippen molar-refractivity contribution in [3.05, 3.63) is 66.8 Å². The summed E-state index contributed by atoms with van der Waals surface area (Å²) in [6, 6.07) is 8.43. The molecule has 2 rings (SSSR count). The van der Waals surface area contributed by atoms with Crippen LogP contribution in [0.1, 0.15) is 22.7 Å². The minimum Gasteiger partial charge on any atom is -0.309 e. The van der Waals surface area contributed by atoms with Gasteiger partial charge in [-0.25, -0.2) is 4.39 Å². The third kappa shape index (κ3) is 3.25. The van der Waals surface area contributed by atoms with Crippen LogP contribution in [0, 0.1) is 12.7 Å². The largest absolute Gasteiger partial charge is 0.309 e. The molecule has 0 spiro atoms. The first-order valence-electron chi connectivity index (χ1n) is 6.01. The number of aryl methyl sites for hydroxylation is 1. The summed E-state index contributed by atoms with van der Waals surface area (Å²) < 4.78 is 15.2. The van der Waals surface area contributed by atoms with Gasteiger partial charge in [-0.3, -0.25) is 0 Å². The number of hydrogen-bond acceptors (Lipinski definition) is 1. The molecule has 0 amide bonds. The topological polar surface area (TPSA) is 12.0 Å². The van der Waals surface area contributed by atoms with Crippen LogP contribution in [-0.2, 0) is 0 Å². The Kier molecular flexibility index (Phi) is 5.24. The van der Waals surface area contributed by atoms with Gasteiger partial charge >= 0.3 is 0 Å². The van der Waals surface area contributed by atoms with Crippen molar-refractivity contribution >= 4 is 43.5 Å². The molecule has 0 aromatic heterocycles. The maximum absolute atomic E-state index is 13.2. The van der Waals surface area contributed by atoms with Gasteiger partial charge in [0.1, 0.15) is 5.82 Å². The standard InChI is InChI=1S/C15H13Br2ClFN/c1-8-5-13(17)11(7-12(8)16)15(20-2)10-4-3-9(19)6-14(10)18/h3-7,15,20H,1-2H3. The minimum atomic E-state index is -0.335. The number of hydrogen-bond donors (Lipinski definition) is 1. The second-order valence-electron chi connectivity index (χ2n) is 4.51. The summed E-state index contributed by atoms with van der Waals surface area (Å²) in [7, 11) is 1.85. The molecule has 0 radical (unpaired) electrons. The fourth-order valence-corrected chi connectivity index (χ4v) is 3.42. The molecule has 1 nitrogen and oxygen atoms in total. The predicted molar refractivity (Wildman–Crippen MR) is 88.9 cm³/mol. The molecule has 0 aliphatic heterocycles. The SMILES string of the molecule is CNC(c1ccc(F)cc1Cl)c1cc(Br)c(C)cc1Br. The average Bonchev–Trinajstić information content (AvgIpc) is 2.38. The van der Waals surface area contributed by atoms with Crippen molar-refractivity contribution in [1.29, 1.82) is 0 Å². The molecule has 0 aliphatic rings. The first kappa shape index (κ1) is 16.0. The van der Waals surface area contributed by atoms with Gasteiger partial charge < -0.3 is 5.32 Å². The van der Waals surface area contributed by atoms with Crippen LogP contribution in [0.15, 0.2) is 39.3 Å². The van der Waals surface area contributed by atoms with Crippen molar-refractivity contribution in [3.63, 3.8) is 0 Å². The van der Waals surface area contributed by atoms with Gasteiger partial charge in [0.25, 0.3) is 0 Å². The third-order valence-electron chi connectivity index (χ3n) is 3.15. The van der Waals surface area contributed by atoms with Gasteiger partial charge in [-0.1, -0.05) is 49.5 Å². The van der Waals surface area contributed by atoms with Crippen molar-refractivity contribution in [2.45, 2.75) is 13.0 Å². The highest BCUT2D eigenvalue weighted by Gasteiger charge is 2.19. The lowest BCUT2D eigenvalue weighted by Gasteiger charge is -2.21. The van der Waals surface area contributed by atoms with Crippen molar-refractivity contribution in [1.82, 2.24) is 5.32 Å². The molecule has 20 heavy (non-hydrogen) atoms. The summed E-state index contributed by atoms with van der Waals surface area (Å²) in [5.74, 6) is -0.335. The van der Waals surface area contributed by atoms with E-state index in [0.29, 0.717) is 5.02 Å². The van der Waals surface area contributed by atoms with Crippen LogP contribution in [0.2, 0.25) is 5.02 Å². The van der Waals surface area contributed by atoms with Crippen molar-refractivity contribution in [2.75, 3.05) is 7.05 Å². The van der Waals surface area contributed by atoms with Crippen LogP contribution in [0.3, 0.4) is 0 Å². The Morgan fingerprint density at radius 3 is 2.40 bits per heavy atom. The summed E-state index contributed by atoms with van der Waals surface area (Å²) in [4.78, 5) is 0. The lowest BCUT2D eigenvalue weighted by molar-refractivity contribution is 0.623. The van der Waals surface area contributed by atoms with Gasteiger partial charge in [-0.05, 0) is 54.9 Å². The monoisotopic (exact) mass is 419 g/mol. The Balaban J connectivity index is 2.55. The number of benzene rings is 2. The maximum Gasteiger partial charge on any atom is 0.124 e. The van der Waals surface area contributed by atoms with Gasteiger partial charge in [0.05, 0.1) is 6.04 Å². The average molecular weight is 422 g/mol. The Hall–Kier alpha value is -0.420. The van der Waals surface area contributed by atoms with Gasteiger partial charge in [-0.2, -0.15) is 0 Å². The fourth-order valence-electron chi connectivity index (χ4n) is 2.10. The zero-order chi connectivity index (χ0) is 14.9. The van der Waals surface area contributed by atoms with E-state index in [2.05, 4.69) is 37.2 Å². The molecule has 1 atom stereocenters. The third-order valence-corrected chi connectivity index (χ3v) is 5.02. The molecule has 0 heterocycles. The van der Waals surface area contributed by atoms with Crippen LogP contribution in [0.4, 0.5) is 4.39 Å². The Morgan fingerprint density at radius 2 is 1.80 bits per heavy atom. The number of rotatable bonds is 3. The van der Waals surface area contributed by atoms with Gasteiger partial charge in [0.15, 0.2) is 0 Å². The molecular formula is C15H13Br2ClFN. The lowest BCUT2D eigenvalue weighted by atomic mass is 9.98. The summed E-state index contributed by atoms with van der Waals surface area (Å²) in [6.07, 6.45) is 0. The second kappa shape index (κ2) is 6.56. The quantitative estimate of drug-likeness (QED) is 0.678. The van der Waals surface area contributed by atoms with Gasteiger partial charge in [0.2, 0.25) is 0 Å². The van der Waals surface area contributed by atoms with Crippen LogP contribution in [-0.4, -0.2) is 7.05 Å². The molecule has 0 bridgehead atoms. The van der Waals surface area contributed by atoms with E-state index in [9.17, 15) is 4.39 Å². The number of halogens is 4. The zero-order valence-corrected chi connectivity index (χ0v) is 14.9. The second-order valence-corrected chi connectivity index (χ2v) is 6.63. The molecule has 106 valence electrons. The van der Waals surface area contributed by atoms with E-state index in [0.717, 1.165) is 25.6 Å². The molecule has 0 saturated heterocycles. The summed E-state index contributed by atoms with van der Waals surface area (Å²) in [5, 5.41) is 3.63. The van der Waals surface area contributed by atoms with Gasteiger partial charge in [-0.15, -0.1) is 0 Å². The van der Waals surface area contributed by atoms with Crippen LogP contribution in [0.5, 0.6) is 0 Å². The molecule has 1 N–H and O–H groups in total. The molecular weight excluding hydrogens is 408 g/mol. The highest BCUT2D eigenvalue weighted by Crippen LogP contribution is 2.35. The highest BCUT2D eigenvalue weighted by atomic mass is 79.9. The van der Waals surface area contributed by atoms with E-state index in [-0.39, 0.29) is 11.9 Å². The summed E-state index contributed by atoms with van der Waals surface area (Å²) >= 11 is 13.3. The zero-order valence-electron chi connectivity index (χ0n) is 11.0. The van der Waals surface area contributed by atoms with Crippen LogP contribution < -0.4 is 5.32 Å². The maximum atomic E-state index is 13.2. The fraction of sp³-hybridized carbons (Fsp3) is 0.200. The Morgan fingerprint density at radius 1 is 1.10 bits per heavy atom. The van der Waals surface area contributed by atoms with Crippen LogP contribution >= 0.6 is 43.5 Å². The van der Waals surface area contributed by atoms with E-state index >= 15 is 0 Å². The summed E-state index contributed by atoms with van der Waals surface area (Å²) in [5.41, 5.74) is 3.02. The molecule has 0 aliphatic carbocycles. The molecule has 5 heteroatoms. The molecule has 0 saturated carbocycles. The molecule has 1 unspecified atom stereocenters. The summed E-state index contributed by atoms with van der Waals surface area (Å²) in [6.45, 7) is 2.03. The minimum absolute atomic E-state index is 0.116. The van der Waals surface area contributed by atoms with Crippen molar-refractivity contribution in [3.8, 4) is 0 Å². The smallest absolute Gasteiger partial charge is 0.124 e. The van der Waals surface area contributed by atoms with E-state index in [1.165, 1.54) is 12.1 Å². The van der Waals surface area contributed by atoms with Crippen molar-refractivity contribution in [2.24, 2.45) is 0 Å². The lowest BCUT2D eigenvalue weighted by Crippen LogP contribution is -2.18. The van der Waals surface area contributed by atoms with E-state index < -0.39 is 0 Å². The van der Waals surface area contributed by atoms with E-state index in [4.69, 9.17) is 11.6 Å². The highest BCUT2D eigenvalue weighted by molar-refractivity contribution is 9.11. The molecule has 2 aromatic carbocycles. The van der Waals surface area contributed by atoms with E-state index in [1.54, 1.807) is 6.07 Å². The van der Waals surface area contributed by atoms with E-state index in [1.807, 2.05) is 26.1 Å². The molecule has 2 aromatic rings. The number of nitrogens with one attached hydrogen (secondary N) is 1. The Bertz CT molecular complexity index is 646. The first-order valence-corrected chi connectivity index (χ1v) is 7.98. The van der Waals surface area contributed by atoms with Crippen molar-refractivity contribution < 1.29 is 4.39 Å². The molecule has 0 fully saturated rings. The van der Waals surface area contributed by atoms with Crippen LogP contribution in [0.25, 0.3) is 0 Å². The van der Waals surface area contributed by atoms with Gasteiger partial charge in [0, 0.05) is 14.0 Å². The normalized spacial score (nSPS) is 12.5. The first-order chi connectivity index (χ1) is 9.43. The predicted octanol–water partition coefficient (Wildman–Crippen LogP) is 5.62.